The second-order valence-corrected chi connectivity index (χ2v) is 6.62. The quantitative estimate of drug-likeness (QED) is 0.476. The van der Waals surface area contributed by atoms with Crippen LogP contribution in [0.3, 0.4) is 0 Å². The van der Waals surface area contributed by atoms with E-state index in [1.54, 1.807) is 0 Å². The highest BCUT2D eigenvalue weighted by Gasteiger charge is 2.09. The molecule has 0 amide bonds. The third-order valence-electron chi connectivity index (χ3n) is 4.51. The smallest absolute Gasteiger partial charge is 0.191 e. The Labute approximate surface area is 154 Å². The Morgan fingerprint density at radius 1 is 1.12 bits per heavy atom. The zero-order valence-corrected chi connectivity index (χ0v) is 16.8. The summed E-state index contributed by atoms with van der Waals surface area (Å²) < 4.78 is 0. The SMILES string of the molecule is CCNC(=NCCC(C)N(C)Cc1ccccc1)NCCN(C)CC. The molecule has 1 rings (SSSR count). The largest absolute Gasteiger partial charge is 0.357 e. The van der Waals surface area contributed by atoms with Crippen molar-refractivity contribution in [2.24, 2.45) is 4.99 Å². The van der Waals surface area contributed by atoms with Gasteiger partial charge in [-0.15, -0.1) is 0 Å². The minimum absolute atomic E-state index is 0.498. The van der Waals surface area contributed by atoms with E-state index in [-0.39, 0.29) is 0 Å². The summed E-state index contributed by atoms with van der Waals surface area (Å²) in [7, 11) is 4.32. The predicted octanol–water partition coefficient (Wildman–Crippen LogP) is 2.40. The number of nitrogens with zero attached hydrogens (tertiary/aromatic N) is 3. The summed E-state index contributed by atoms with van der Waals surface area (Å²) >= 11 is 0. The van der Waals surface area contributed by atoms with Crippen LogP contribution in [0.25, 0.3) is 0 Å². The fourth-order valence-corrected chi connectivity index (χ4v) is 2.48. The summed E-state index contributed by atoms with van der Waals surface area (Å²) in [6.45, 7) is 12.3. The van der Waals surface area contributed by atoms with Crippen LogP contribution in [0, 0.1) is 0 Å². The molecule has 1 aromatic carbocycles. The van der Waals surface area contributed by atoms with Crippen LogP contribution in [0.4, 0.5) is 0 Å². The number of likely N-dealkylation sites (N-methyl/N-ethyl adjacent to an activating group) is 1. The summed E-state index contributed by atoms with van der Waals surface area (Å²) in [5.41, 5.74) is 1.36. The molecule has 0 saturated heterocycles. The van der Waals surface area contributed by atoms with Crippen LogP contribution in [0.2, 0.25) is 0 Å². The lowest BCUT2D eigenvalue weighted by molar-refractivity contribution is 0.240. The van der Waals surface area contributed by atoms with Crippen molar-refractivity contribution in [1.29, 1.82) is 0 Å². The fourth-order valence-electron chi connectivity index (χ4n) is 2.48. The van der Waals surface area contributed by atoms with Gasteiger partial charge in [0, 0.05) is 38.8 Å². The molecule has 25 heavy (non-hydrogen) atoms. The number of rotatable bonds is 11. The Hall–Kier alpha value is -1.59. The van der Waals surface area contributed by atoms with Crippen LogP contribution in [0.15, 0.2) is 35.3 Å². The second-order valence-electron chi connectivity index (χ2n) is 6.62. The number of hydrogen-bond donors (Lipinski definition) is 2. The van der Waals surface area contributed by atoms with Gasteiger partial charge in [-0.25, -0.2) is 0 Å². The lowest BCUT2D eigenvalue weighted by atomic mass is 10.1. The molecule has 5 heteroatoms. The Morgan fingerprint density at radius 2 is 1.84 bits per heavy atom. The molecule has 0 saturated carbocycles. The predicted molar refractivity (Wildman–Crippen MR) is 109 cm³/mol. The first-order valence-electron chi connectivity index (χ1n) is 9.51. The van der Waals surface area contributed by atoms with Crippen molar-refractivity contribution in [2.75, 3.05) is 46.8 Å². The van der Waals surface area contributed by atoms with Gasteiger partial charge in [0.1, 0.15) is 0 Å². The average Bonchev–Trinajstić information content (AvgIpc) is 2.62. The minimum Gasteiger partial charge on any atom is -0.357 e. The van der Waals surface area contributed by atoms with Crippen molar-refractivity contribution in [3.8, 4) is 0 Å². The molecule has 0 aliphatic carbocycles. The summed E-state index contributed by atoms with van der Waals surface area (Å²) in [5.74, 6) is 0.921. The van der Waals surface area contributed by atoms with Gasteiger partial charge >= 0.3 is 0 Å². The van der Waals surface area contributed by atoms with Gasteiger partial charge in [-0.3, -0.25) is 9.89 Å². The Bertz CT molecular complexity index is 474. The van der Waals surface area contributed by atoms with Crippen molar-refractivity contribution in [2.45, 2.75) is 39.8 Å². The van der Waals surface area contributed by atoms with E-state index in [1.807, 2.05) is 0 Å². The minimum atomic E-state index is 0.498. The zero-order chi connectivity index (χ0) is 18.5. The molecule has 0 bridgehead atoms. The number of benzene rings is 1. The monoisotopic (exact) mass is 347 g/mol. The van der Waals surface area contributed by atoms with Gasteiger partial charge in [0.05, 0.1) is 0 Å². The molecule has 5 nitrogen and oxygen atoms in total. The number of guanidine groups is 1. The standard InChI is InChI=1S/C20H37N5/c1-6-21-20(23-15-16-24(4)7-2)22-14-13-18(3)25(5)17-19-11-9-8-10-12-19/h8-12,18H,6-7,13-17H2,1-5H3,(H2,21,22,23). The molecule has 0 spiro atoms. The maximum atomic E-state index is 4.71. The molecule has 0 aliphatic rings. The molecule has 0 aromatic heterocycles. The van der Waals surface area contributed by atoms with Gasteiger partial charge < -0.3 is 15.5 Å². The lowest BCUT2D eigenvalue weighted by Crippen LogP contribution is -2.41. The number of nitrogens with one attached hydrogen (secondary N) is 2. The maximum absolute atomic E-state index is 4.71. The molecule has 0 heterocycles. The summed E-state index contributed by atoms with van der Waals surface area (Å²) in [5, 5.41) is 6.74. The molecule has 0 aliphatic heterocycles. The van der Waals surface area contributed by atoms with Gasteiger partial charge in [-0.1, -0.05) is 37.3 Å². The molecular formula is C20H37N5. The van der Waals surface area contributed by atoms with E-state index >= 15 is 0 Å². The first-order valence-corrected chi connectivity index (χ1v) is 9.51. The molecule has 1 aromatic rings. The Kier molecular flexibility index (Phi) is 10.9. The lowest BCUT2D eigenvalue weighted by Gasteiger charge is -2.24. The second kappa shape index (κ2) is 12.7. The highest BCUT2D eigenvalue weighted by molar-refractivity contribution is 5.79. The topological polar surface area (TPSA) is 42.9 Å². The van der Waals surface area contributed by atoms with Crippen molar-refractivity contribution in [3.63, 3.8) is 0 Å². The summed E-state index contributed by atoms with van der Waals surface area (Å²) in [6.07, 6.45) is 1.05. The maximum Gasteiger partial charge on any atom is 0.191 e. The molecule has 1 atom stereocenters. The zero-order valence-electron chi connectivity index (χ0n) is 16.8. The summed E-state index contributed by atoms with van der Waals surface area (Å²) in [4.78, 5) is 9.39. The van der Waals surface area contributed by atoms with E-state index in [0.717, 1.165) is 51.6 Å². The third-order valence-corrected chi connectivity index (χ3v) is 4.51. The van der Waals surface area contributed by atoms with E-state index in [1.165, 1.54) is 5.56 Å². The van der Waals surface area contributed by atoms with E-state index in [9.17, 15) is 0 Å². The van der Waals surface area contributed by atoms with Crippen molar-refractivity contribution < 1.29 is 0 Å². The molecular weight excluding hydrogens is 310 g/mol. The van der Waals surface area contributed by atoms with Crippen molar-refractivity contribution >= 4 is 5.96 Å². The normalized spacial score (nSPS) is 13.3. The van der Waals surface area contributed by atoms with Gasteiger partial charge in [0.2, 0.25) is 0 Å². The van der Waals surface area contributed by atoms with E-state index in [0.29, 0.717) is 6.04 Å². The Balaban J connectivity index is 2.37. The number of aliphatic imine (C=N–C) groups is 1. The van der Waals surface area contributed by atoms with E-state index in [2.05, 4.69) is 85.6 Å². The van der Waals surface area contributed by atoms with Gasteiger partial charge in [-0.2, -0.15) is 0 Å². The molecule has 2 N–H and O–H groups in total. The van der Waals surface area contributed by atoms with Crippen LogP contribution >= 0.6 is 0 Å². The Morgan fingerprint density at radius 3 is 2.48 bits per heavy atom. The van der Waals surface area contributed by atoms with Crippen LogP contribution in [0.1, 0.15) is 32.8 Å². The van der Waals surface area contributed by atoms with Crippen LogP contribution in [-0.4, -0.2) is 68.6 Å². The average molecular weight is 348 g/mol. The van der Waals surface area contributed by atoms with E-state index in [4.69, 9.17) is 4.99 Å². The van der Waals surface area contributed by atoms with Gasteiger partial charge in [-0.05, 0) is 46.5 Å². The first-order chi connectivity index (χ1) is 12.1. The molecule has 1 unspecified atom stereocenters. The summed E-state index contributed by atoms with van der Waals surface area (Å²) in [6, 6.07) is 11.1. The van der Waals surface area contributed by atoms with Crippen molar-refractivity contribution in [3.05, 3.63) is 35.9 Å². The fraction of sp³-hybridized carbons (Fsp3) is 0.650. The molecule has 0 radical (unpaired) electrons. The van der Waals surface area contributed by atoms with Gasteiger partial charge in [0.25, 0.3) is 0 Å². The van der Waals surface area contributed by atoms with Crippen LogP contribution < -0.4 is 10.6 Å². The number of hydrogen-bond acceptors (Lipinski definition) is 3. The third kappa shape index (κ3) is 9.46. The van der Waals surface area contributed by atoms with Crippen LogP contribution in [-0.2, 0) is 6.54 Å². The first kappa shape index (κ1) is 21.5. The highest BCUT2D eigenvalue weighted by atomic mass is 15.2. The molecule has 0 fully saturated rings. The van der Waals surface area contributed by atoms with Crippen molar-refractivity contribution in [1.82, 2.24) is 20.4 Å². The van der Waals surface area contributed by atoms with Gasteiger partial charge in [0.15, 0.2) is 5.96 Å². The highest BCUT2D eigenvalue weighted by Crippen LogP contribution is 2.08. The van der Waals surface area contributed by atoms with E-state index < -0.39 is 0 Å². The molecule has 142 valence electrons. The van der Waals surface area contributed by atoms with Crippen LogP contribution in [0.5, 0.6) is 0 Å².